The summed E-state index contributed by atoms with van der Waals surface area (Å²) in [6.07, 6.45) is 17.5. The maximum atomic E-state index is 5.00. The highest BCUT2D eigenvalue weighted by molar-refractivity contribution is 5.84. The van der Waals surface area contributed by atoms with Crippen LogP contribution in [0.2, 0.25) is 0 Å². The highest BCUT2D eigenvalue weighted by Gasteiger charge is 2.29. The lowest BCUT2D eigenvalue weighted by Gasteiger charge is -2.40. The molecule has 0 saturated carbocycles. The van der Waals surface area contributed by atoms with Crippen LogP contribution in [-0.2, 0) is 0 Å². The van der Waals surface area contributed by atoms with Gasteiger partial charge >= 0.3 is 0 Å². The number of piperidine rings is 1. The number of hydrogen-bond acceptors (Lipinski definition) is 4. The minimum Gasteiger partial charge on any atom is -0.342 e. The zero-order valence-corrected chi connectivity index (χ0v) is 20.1. The molecule has 1 unspecified atom stereocenters. The third kappa shape index (κ3) is 6.10. The van der Waals surface area contributed by atoms with E-state index >= 15 is 0 Å². The third-order valence-electron chi connectivity index (χ3n) is 6.08. The topological polar surface area (TPSA) is 31.2 Å². The number of nitrogens with zero attached hydrogens (tertiary/aromatic N) is 4. The molecule has 2 aliphatic rings. The molecule has 2 heterocycles. The van der Waals surface area contributed by atoms with Crippen molar-refractivity contribution in [3.05, 3.63) is 103 Å². The van der Waals surface area contributed by atoms with Gasteiger partial charge in [0.05, 0.1) is 5.70 Å². The summed E-state index contributed by atoms with van der Waals surface area (Å²) in [6, 6.07) is 8.78. The van der Waals surface area contributed by atoms with Gasteiger partial charge in [0.25, 0.3) is 0 Å². The van der Waals surface area contributed by atoms with E-state index in [1.165, 1.54) is 23.1 Å². The molecule has 3 rings (SSSR count). The van der Waals surface area contributed by atoms with Crippen molar-refractivity contribution >= 4 is 17.7 Å². The second kappa shape index (κ2) is 12.0. The first-order chi connectivity index (χ1) is 16.1. The molecule has 0 aliphatic carbocycles. The molecule has 172 valence electrons. The molecule has 0 N–H and O–H groups in total. The first-order valence-corrected chi connectivity index (χ1v) is 11.8. The average molecular weight is 441 g/mol. The Morgan fingerprint density at radius 1 is 1.27 bits per heavy atom. The lowest BCUT2D eigenvalue weighted by Crippen LogP contribution is -2.47. The van der Waals surface area contributed by atoms with Crippen molar-refractivity contribution in [2.24, 2.45) is 9.98 Å². The second-order valence-corrected chi connectivity index (χ2v) is 8.36. The van der Waals surface area contributed by atoms with E-state index in [-0.39, 0.29) is 0 Å². The maximum absolute atomic E-state index is 5.00. The summed E-state index contributed by atoms with van der Waals surface area (Å²) in [5.74, 6) is 1.43. The predicted octanol–water partition coefficient (Wildman–Crippen LogP) is 6.71. The number of likely N-dealkylation sites (N-methyl/N-ethyl adjacent to an activating group) is 1. The average Bonchev–Trinajstić information content (AvgIpc) is 2.84. The van der Waals surface area contributed by atoms with Crippen molar-refractivity contribution in [2.75, 3.05) is 20.1 Å². The van der Waals surface area contributed by atoms with Gasteiger partial charge in [0, 0.05) is 50.6 Å². The predicted molar refractivity (Wildman–Crippen MR) is 143 cm³/mol. The summed E-state index contributed by atoms with van der Waals surface area (Å²) < 4.78 is 0. The van der Waals surface area contributed by atoms with Crippen molar-refractivity contribution < 1.29 is 0 Å². The highest BCUT2D eigenvalue weighted by atomic mass is 15.4. The fourth-order valence-electron chi connectivity index (χ4n) is 4.44. The van der Waals surface area contributed by atoms with Crippen LogP contribution < -0.4 is 0 Å². The minimum atomic E-state index is 0.446. The normalized spacial score (nSPS) is 19.8. The fourth-order valence-corrected chi connectivity index (χ4v) is 4.44. The standard InChI is InChI=1S/C29H36N4/c1-6-13-24(8-3)27-16-9-10-17-28(27)25-14-12-20-33(22-25)29-31-26(21-23(4)32(29)5)15-11-19-30-18-7-2/h7-11,13,16-19,21,25H,2-4,6,12,14-15,20,22H2,1,5H3/b19-11-,24-13+,30-18?. The number of rotatable bonds is 8. The smallest absolute Gasteiger partial charge is 0.205 e. The lowest BCUT2D eigenvalue weighted by molar-refractivity contribution is 0.283. The maximum Gasteiger partial charge on any atom is 0.205 e. The first-order valence-electron chi connectivity index (χ1n) is 11.8. The van der Waals surface area contributed by atoms with Crippen molar-refractivity contribution in [3.63, 3.8) is 0 Å². The van der Waals surface area contributed by atoms with Crippen LogP contribution in [0.5, 0.6) is 0 Å². The number of hydrogen-bond donors (Lipinski definition) is 0. The Balaban J connectivity index is 1.83. The summed E-state index contributed by atoms with van der Waals surface area (Å²) >= 11 is 0. The van der Waals surface area contributed by atoms with Gasteiger partial charge < -0.3 is 9.80 Å². The van der Waals surface area contributed by atoms with Crippen molar-refractivity contribution in [1.29, 1.82) is 0 Å². The Kier molecular flexibility index (Phi) is 8.82. The number of likely N-dealkylation sites (tertiary alicyclic amines) is 1. The van der Waals surface area contributed by atoms with E-state index in [0.29, 0.717) is 5.92 Å². The molecule has 1 saturated heterocycles. The molecule has 1 fully saturated rings. The SMILES string of the molecule is C=CC=N/C=C\CC1=CC(=C)N(C)C(N2CCCC(c3ccccc3/C(C=C)=C/CC)C2)=N1. The molecule has 0 radical (unpaired) electrons. The molecule has 2 aliphatic heterocycles. The molecule has 1 atom stereocenters. The molecule has 1 aromatic rings. The Morgan fingerprint density at radius 2 is 2.09 bits per heavy atom. The van der Waals surface area contributed by atoms with Crippen LogP contribution in [0.1, 0.15) is 49.7 Å². The van der Waals surface area contributed by atoms with Gasteiger partial charge in [0.15, 0.2) is 0 Å². The van der Waals surface area contributed by atoms with Crippen LogP contribution in [-0.4, -0.2) is 42.1 Å². The minimum absolute atomic E-state index is 0.446. The van der Waals surface area contributed by atoms with Crippen LogP contribution in [0.15, 0.2) is 102 Å². The molecule has 0 amide bonds. The Hall–Kier alpha value is -3.40. The molecule has 4 heteroatoms. The largest absolute Gasteiger partial charge is 0.342 e. The zero-order valence-electron chi connectivity index (χ0n) is 20.1. The van der Waals surface area contributed by atoms with E-state index in [0.717, 1.165) is 49.7 Å². The Morgan fingerprint density at radius 3 is 2.85 bits per heavy atom. The highest BCUT2D eigenvalue weighted by Crippen LogP contribution is 2.34. The monoisotopic (exact) mass is 440 g/mol. The first kappa shape index (κ1) is 24.2. The Bertz CT molecular complexity index is 1020. The van der Waals surface area contributed by atoms with Gasteiger partial charge in [-0.15, -0.1) is 0 Å². The van der Waals surface area contributed by atoms with Gasteiger partial charge in [-0.1, -0.05) is 75.2 Å². The summed E-state index contributed by atoms with van der Waals surface area (Å²) in [5.41, 5.74) is 5.89. The second-order valence-electron chi connectivity index (χ2n) is 8.36. The molecule has 0 bridgehead atoms. The molecular formula is C29H36N4. The number of benzene rings is 1. The van der Waals surface area contributed by atoms with E-state index in [4.69, 9.17) is 4.99 Å². The van der Waals surface area contributed by atoms with E-state index < -0.39 is 0 Å². The number of guanidine groups is 1. The molecule has 0 spiro atoms. The summed E-state index contributed by atoms with van der Waals surface area (Å²) in [5, 5.41) is 0. The van der Waals surface area contributed by atoms with E-state index in [1.807, 2.05) is 18.2 Å². The summed E-state index contributed by atoms with van der Waals surface area (Å²) in [4.78, 5) is 13.7. The van der Waals surface area contributed by atoms with Crippen molar-refractivity contribution in [2.45, 2.75) is 38.5 Å². The van der Waals surface area contributed by atoms with Gasteiger partial charge in [-0.3, -0.25) is 4.99 Å². The van der Waals surface area contributed by atoms with Crippen LogP contribution in [0.25, 0.3) is 5.57 Å². The van der Waals surface area contributed by atoms with Crippen LogP contribution in [0, 0.1) is 0 Å². The molecular weight excluding hydrogens is 404 g/mol. The summed E-state index contributed by atoms with van der Waals surface area (Å²) in [6.45, 7) is 16.1. The fraction of sp³-hybridized carbons (Fsp3) is 0.310. The van der Waals surface area contributed by atoms with Crippen LogP contribution >= 0.6 is 0 Å². The zero-order chi connectivity index (χ0) is 23.6. The van der Waals surface area contributed by atoms with E-state index in [1.54, 1.807) is 18.5 Å². The van der Waals surface area contributed by atoms with Crippen molar-refractivity contribution in [3.8, 4) is 0 Å². The van der Waals surface area contributed by atoms with Gasteiger partial charge in [0.1, 0.15) is 0 Å². The number of allylic oxidation sites excluding steroid dienone is 6. The van der Waals surface area contributed by atoms with Crippen molar-refractivity contribution in [1.82, 2.24) is 9.80 Å². The third-order valence-corrected chi connectivity index (χ3v) is 6.08. The number of aliphatic imine (C=N–C) groups is 2. The van der Waals surface area contributed by atoms with E-state index in [2.05, 4.69) is 78.8 Å². The quantitative estimate of drug-likeness (QED) is 0.332. The van der Waals surface area contributed by atoms with Gasteiger partial charge in [-0.05, 0) is 42.0 Å². The van der Waals surface area contributed by atoms with E-state index in [9.17, 15) is 0 Å². The molecule has 1 aromatic carbocycles. The summed E-state index contributed by atoms with van der Waals surface area (Å²) in [7, 11) is 2.05. The molecule has 33 heavy (non-hydrogen) atoms. The van der Waals surface area contributed by atoms with Gasteiger partial charge in [-0.2, -0.15) is 0 Å². The van der Waals surface area contributed by atoms with Crippen LogP contribution in [0.3, 0.4) is 0 Å². The van der Waals surface area contributed by atoms with Gasteiger partial charge in [0.2, 0.25) is 5.96 Å². The lowest BCUT2D eigenvalue weighted by atomic mass is 9.85. The molecule has 4 nitrogen and oxygen atoms in total. The molecule has 0 aromatic heterocycles. The van der Waals surface area contributed by atoms with Gasteiger partial charge in [-0.25, -0.2) is 4.99 Å². The van der Waals surface area contributed by atoms with Crippen LogP contribution in [0.4, 0.5) is 0 Å². The Labute approximate surface area is 199 Å².